The van der Waals surface area contributed by atoms with Crippen LogP contribution < -0.4 is 5.73 Å². The van der Waals surface area contributed by atoms with Crippen molar-refractivity contribution in [1.29, 1.82) is 0 Å². The molecule has 3 rings (SSSR count). The van der Waals surface area contributed by atoms with Crippen molar-refractivity contribution in [1.82, 2.24) is 14.5 Å². The number of fused-ring (bicyclic) bond motifs is 1. The van der Waals surface area contributed by atoms with Gasteiger partial charge in [-0.3, -0.25) is 0 Å². The number of benzene rings is 1. The van der Waals surface area contributed by atoms with Gasteiger partial charge in [0.2, 0.25) is 0 Å². The molecule has 0 unspecified atom stereocenters. The Morgan fingerprint density at radius 2 is 1.95 bits per heavy atom. The molecule has 0 bridgehead atoms. The van der Waals surface area contributed by atoms with Crippen LogP contribution in [0.25, 0.3) is 22.6 Å². The van der Waals surface area contributed by atoms with Gasteiger partial charge in [-0.15, -0.1) is 0 Å². The smallest absolute Gasteiger partial charge is 0.160 e. The lowest BCUT2D eigenvalue weighted by atomic mass is 10.2. The fourth-order valence-corrected chi connectivity index (χ4v) is 2.57. The molecule has 0 amide bonds. The van der Waals surface area contributed by atoms with Gasteiger partial charge < -0.3 is 10.3 Å². The number of aryl methyl sites for hydroxylation is 1. The first-order valence-electron chi connectivity index (χ1n) is 7.07. The maximum absolute atomic E-state index is 6.02. The molecule has 5 heteroatoms. The molecule has 3 aromatic rings. The van der Waals surface area contributed by atoms with E-state index in [1.807, 2.05) is 24.3 Å². The van der Waals surface area contributed by atoms with Gasteiger partial charge in [-0.25, -0.2) is 9.97 Å². The van der Waals surface area contributed by atoms with E-state index < -0.39 is 0 Å². The zero-order valence-corrected chi connectivity index (χ0v) is 12.4. The van der Waals surface area contributed by atoms with Crippen molar-refractivity contribution in [2.24, 2.45) is 5.73 Å². The molecule has 0 spiro atoms. The molecule has 0 aliphatic heterocycles. The maximum Gasteiger partial charge on any atom is 0.160 e. The fraction of sp³-hybridized carbons (Fsp3) is 0.250. The summed E-state index contributed by atoms with van der Waals surface area (Å²) < 4.78 is 2.15. The van der Waals surface area contributed by atoms with Gasteiger partial charge in [-0.05, 0) is 25.5 Å². The van der Waals surface area contributed by atoms with Crippen LogP contribution in [0.4, 0.5) is 0 Å². The van der Waals surface area contributed by atoms with E-state index in [0.29, 0.717) is 11.6 Å². The molecule has 0 aliphatic rings. The quantitative estimate of drug-likeness (QED) is 0.734. The van der Waals surface area contributed by atoms with E-state index in [0.717, 1.165) is 41.9 Å². The Kier molecular flexibility index (Phi) is 4.18. The number of nitrogens with zero attached hydrogens (tertiary/aromatic N) is 3. The van der Waals surface area contributed by atoms with Crippen molar-refractivity contribution < 1.29 is 0 Å². The van der Waals surface area contributed by atoms with Crippen LogP contribution in [0.5, 0.6) is 0 Å². The van der Waals surface area contributed by atoms with E-state index in [9.17, 15) is 0 Å². The fourth-order valence-electron chi connectivity index (χ4n) is 2.42. The van der Waals surface area contributed by atoms with Crippen LogP contribution in [0.1, 0.15) is 12.8 Å². The van der Waals surface area contributed by atoms with Crippen molar-refractivity contribution in [3.63, 3.8) is 0 Å². The van der Waals surface area contributed by atoms with E-state index in [2.05, 4.69) is 21.7 Å². The monoisotopic (exact) mass is 300 g/mol. The Morgan fingerprint density at radius 3 is 2.71 bits per heavy atom. The van der Waals surface area contributed by atoms with E-state index in [-0.39, 0.29) is 0 Å². The van der Waals surface area contributed by atoms with Gasteiger partial charge in [0.15, 0.2) is 5.65 Å². The van der Waals surface area contributed by atoms with E-state index >= 15 is 0 Å². The zero-order valence-electron chi connectivity index (χ0n) is 11.7. The lowest BCUT2D eigenvalue weighted by molar-refractivity contribution is 0.628. The molecular weight excluding hydrogens is 284 g/mol. The Bertz CT molecular complexity index is 737. The second-order valence-corrected chi connectivity index (χ2v) is 5.38. The van der Waals surface area contributed by atoms with Gasteiger partial charge in [0.1, 0.15) is 11.3 Å². The van der Waals surface area contributed by atoms with Crippen molar-refractivity contribution >= 4 is 22.8 Å². The van der Waals surface area contributed by atoms with Crippen LogP contribution in [0.15, 0.2) is 42.6 Å². The lowest BCUT2D eigenvalue weighted by Crippen LogP contribution is -2.05. The normalized spacial score (nSPS) is 11.1. The summed E-state index contributed by atoms with van der Waals surface area (Å²) in [5.74, 6) is 0.928. The van der Waals surface area contributed by atoms with Gasteiger partial charge in [0.25, 0.3) is 0 Å². The highest BCUT2D eigenvalue weighted by molar-refractivity contribution is 6.31. The molecule has 0 atom stereocenters. The number of nitrogens with two attached hydrogens (primary N) is 1. The van der Waals surface area contributed by atoms with Crippen LogP contribution in [-0.4, -0.2) is 21.1 Å². The van der Waals surface area contributed by atoms with Crippen molar-refractivity contribution in [3.8, 4) is 11.4 Å². The molecule has 0 radical (unpaired) electrons. The Labute approximate surface area is 128 Å². The molecular formula is C16H17ClN4. The molecule has 21 heavy (non-hydrogen) atoms. The second-order valence-electron chi connectivity index (χ2n) is 4.95. The number of imidazole rings is 1. The first-order valence-corrected chi connectivity index (χ1v) is 7.44. The van der Waals surface area contributed by atoms with Gasteiger partial charge >= 0.3 is 0 Å². The number of halogens is 1. The Morgan fingerprint density at radius 1 is 1.14 bits per heavy atom. The van der Waals surface area contributed by atoms with E-state index in [1.165, 1.54) is 0 Å². The summed E-state index contributed by atoms with van der Waals surface area (Å²) in [6.07, 6.45) is 3.66. The molecule has 2 heterocycles. The summed E-state index contributed by atoms with van der Waals surface area (Å²) in [4.78, 5) is 9.15. The minimum atomic E-state index is 0.605. The van der Waals surface area contributed by atoms with Crippen LogP contribution in [0, 0.1) is 0 Å². The number of hydrogen-bond donors (Lipinski definition) is 1. The van der Waals surface area contributed by atoms with Gasteiger partial charge in [-0.1, -0.05) is 41.9 Å². The van der Waals surface area contributed by atoms with Crippen LogP contribution in [-0.2, 0) is 6.54 Å². The molecule has 4 nitrogen and oxygen atoms in total. The summed E-state index contributed by atoms with van der Waals surface area (Å²) in [5, 5.41) is 0.605. The minimum absolute atomic E-state index is 0.605. The number of unbranched alkanes of at least 4 members (excludes halogenated alkanes) is 1. The summed E-state index contributed by atoms with van der Waals surface area (Å²) in [7, 11) is 0. The van der Waals surface area contributed by atoms with Gasteiger partial charge in [-0.2, -0.15) is 0 Å². The Hall–Kier alpha value is -1.91. The maximum atomic E-state index is 6.02. The second kappa shape index (κ2) is 6.24. The first kappa shape index (κ1) is 14.0. The Balaban J connectivity index is 2.10. The minimum Gasteiger partial charge on any atom is -0.330 e. The highest BCUT2D eigenvalue weighted by Gasteiger charge is 2.13. The number of aromatic nitrogens is 3. The highest BCUT2D eigenvalue weighted by atomic mass is 35.5. The summed E-state index contributed by atoms with van der Waals surface area (Å²) in [6.45, 7) is 1.55. The standard InChI is InChI=1S/C16H17ClN4/c17-13-10-14-16(19-11-13)21(9-5-4-8-18)15(20-14)12-6-2-1-3-7-12/h1-3,6-7,10-11H,4-5,8-9,18H2. The SMILES string of the molecule is NCCCCn1c(-c2ccccc2)nc2cc(Cl)cnc21. The molecule has 0 aliphatic carbocycles. The molecule has 0 saturated carbocycles. The zero-order chi connectivity index (χ0) is 14.7. The number of hydrogen-bond acceptors (Lipinski definition) is 3. The van der Waals surface area contributed by atoms with Crippen LogP contribution in [0.3, 0.4) is 0 Å². The number of pyridine rings is 1. The van der Waals surface area contributed by atoms with Gasteiger partial charge in [0, 0.05) is 18.3 Å². The van der Waals surface area contributed by atoms with E-state index in [1.54, 1.807) is 6.20 Å². The topological polar surface area (TPSA) is 56.7 Å². The molecule has 2 N–H and O–H groups in total. The van der Waals surface area contributed by atoms with Crippen LogP contribution in [0.2, 0.25) is 5.02 Å². The molecule has 1 aromatic carbocycles. The van der Waals surface area contributed by atoms with E-state index in [4.69, 9.17) is 22.3 Å². The third kappa shape index (κ3) is 2.91. The summed E-state index contributed by atoms with van der Waals surface area (Å²) in [5.41, 5.74) is 8.37. The highest BCUT2D eigenvalue weighted by Crippen LogP contribution is 2.25. The van der Waals surface area contributed by atoms with Gasteiger partial charge in [0.05, 0.1) is 5.02 Å². The predicted molar refractivity (Wildman–Crippen MR) is 86.3 cm³/mol. The predicted octanol–water partition coefficient (Wildman–Crippen LogP) is 3.49. The first-order chi connectivity index (χ1) is 10.3. The number of rotatable bonds is 5. The van der Waals surface area contributed by atoms with Crippen LogP contribution >= 0.6 is 11.6 Å². The average Bonchev–Trinajstić information content (AvgIpc) is 2.86. The van der Waals surface area contributed by atoms with Crippen molar-refractivity contribution in [2.75, 3.05) is 6.54 Å². The summed E-state index contributed by atoms with van der Waals surface area (Å²) >= 11 is 6.02. The molecule has 2 aromatic heterocycles. The average molecular weight is 301 g/mol. The third-order valence-corrected chi connectivity index (χ3v) is 3.63. The lowest BCUT2D eigenvalue weighted by Gasteiger charge is -2.08. The molecule has 0 fully saturated rings. The molecule has 0 saturated heterocycles. The molecule has 108 valence electrons. The summed E-state index contributed by atoms with van der Waals surface area (Å²) in [6, 6.07) is 12.0. The third-order valence-electron chi connectivity index (χ3n) is 3.42. The van der Waals surface area contributed by atoms with Crippen molar-refractivity contribution in [2.45, 2.75) is 19.4 Å². The van der Waals surface area contributed by atoms with Crippen molar-refractivity contribution in [3.05, 3.63) is 47.6 Å². The largest absolute Gasteiger partial charge is 0.330 e.